The zero-order chi connectivity index (χ0) is 27.9. The second-order valence-corrected chi connectivity index (χ2v) is 30.4. The molecule has 0 heterocycles. The Balaban J connectivity index is 0.00000184. The number of benzene rings is 4. The third-order valence-corrected chi connectivity index (χ3v) is 29.4. The van der Waals surface area contributed by atoms with E-state index in [-0.39, 0.29) is 24.8 Å². The fraction of sp³-hybridized carbons (Fsp3) is 0.282. The zero-order valence-electron chi connectivity index (χ0n) is 25.4. The summed E-state index contributed by atoms with van der Waals surface area (Å²) >= 11 is -2.15. The van der Waals surface area contributed by atoms with E-state index in [0.29, 0.717) is 7.25 Å². The van der Waals surface area contributed by atoms with E-state index >= 15 is 0 Å². The molecule has 3 aliphatic rings. The second-order valence-electron chi connectivity index (χ2n) is 12.5. The third kappa shape index (κ3) is 6.03. The summed E-state index contributed by atoms with van der Waals surface area (Å²) in [6.07, 6.45) is 12.3. The minimum atomic E-state index is -2.15. The van der Waals surface area contributed by atoms with Gasteiger partial charge in [-0.15, -0.1) is 0 Å². The summed E-state index contributed by atoms with van der Waals surface area (Å²) in [6.45, 7) is 7.80. The van der Waals surface area contributed by atoms with Crippen LogP contribution in [0, 0.1) is 5.92 Å². The summed E-state index contributed by atoms with van der Waals surface area (Å²) in [5.41, 5.74) is 14.9. The molecule has 2 unspecified atom stereocenters. The Morgan fingerprint density at radius 1 is 0.581 bits per heavy atom. The first-order chi connectivity index (χ1) is 20.1. The Bertz CT molecular complexity index is 1690. The molecule has 0 aromatic heterocycles. The monoisotopic (exact) mass is 696 g/mol. The zero-order valence-corrected chi connectivity index (χ0v) is 30.4. The molecule has 0 aliphatic heterocycles. The van der Waals surface area contributed by atoms with Gasteiger partial charge in [0.25, 0.3) is 0 Å². The average Bonchev–Trinajstić information content (AvgIpc) is 3.56. The minimum Gasteiger partial charge on any atom is -1.00 e. The van der Waals surface area contributed by atoms with Gasteiger partial charge < -0.3 is 24.8 Å². The SMILES string of the molecule is CC1=Cc2c(-c3ccccc3)cccc2[CH]1[Zr+2]([CH]1C(C2CCCCC2)=Cc2c(-c3ccccc3)cccc21)=[Si](C)C.[Cl-].[Cl-]. The van der Waals surface area contributed by atoms with E-state index in [1.54, 1.807) is 22.3 Å². The van der Waals surface area contributed by atoms with E-state index in [0.717, 1.165) is 5.92 Å². The van der Waals surface area contributed by atoms with Gasteiger partial charge in [0, 0.05) is 0 Å². The van der Waals surface area contributed by atoms with Crippen molar-refractivity contribution < 1.29 is 45.2 Å². The summed E-state index contributed by atoms with van der Waals surface area (Å²) < 4.78 is 1.37. The first-order valence-corrected chi connectivity index (χ1v) is 24.6. The number of rotatable bonds is 5. The molecule has 4 heteroatoms. The van der Waals surface area contributed by atoms with Crippen molar-refractivity contribution >= 4 is 17.6 Å². The molecule has 1 saturated carbocycles. The van der Waals surface area contributed by atoms with Gasteiger partial charge in [0.05, 0.1) is 0 Å². The summed E-state index contributed by atoms with van der Waals surface area (Å²) in [6, 6.07) is 36.6. The molecule has 0 spiro atoms. The molecule has 218 valence electrons. The number of allylic oxidation sites excluding steroid dienone is 2. The van der Waals surface area contributed by atoms with Crippen molar-refractivity contribution in [3.8, 4) is 22.3 Å². The molecule has 4 aromatic rings. The summed E-state index contributed by atoms with van der Waals surface area (Å²) in [7, 11) is 0. The molecule has 7 rings (SSSR count). The first kappa shape index (κ1) is 32.4. The van der Waals surface area contributed by atoms with Crippen LogP contribution in [0.15, 0.2) is 108 Å². The standard InChI is InChI=1S/C21H21.C16H13.C2H6Si.2ClH.Zr/c1-3-8-16(9-4-1)19-14-18-12-7-13-20(21(18)15-19)17-10-5-2-6-11-17;1-12-10-14-8-5-9-15(16(14)11-12)13-6-3-2-4-7-13;1-3-2;;;/h2,5-7,10-16H,1,3-4,8-9H2;2-11H,1H3;1-2H3;2*1H;/q;;;;;+2/p-2. The molecule has 2 atom stereocenters. The molecule has 0 nitrogen and oxygen atoms in total. The Labute approximate surface area is 278 Å². The van der Waals surface area contributed by atoms with Gasteiger partial charge in [0.2, 0.25) is 0 Å². The van der Waals surface area contributed by atoms with E-state index in [9.17, 15) is 0 Å². The Kier molecular flexibility index (Phi) is 10.6. The maximum atomic E-state index is 2.72. The number of fused-ring (bicyclic) bond motifs is 2. The van der Waals surface area contributed by atoms with Gasteiger partial charge in [0.15, 0.2) is 0 Å². The molecule has 0 N–H and O–H groups in total. The first-order valence-electron chi connectivity index (χ1n) is 15.6. The van der Waals surface area contributed by atoms with Gasteiger partial charge in [-0.1, -0.05) is 0 Å². The topological polar surface area (TPSA) is 0 Å². The molecule has 43 heavy (non-hydrogen) atoms. The second kappa shape index (κ2) is 14.0. The van der Waals surface area contributed by atoms with Gasteiger partial charge in [-0.05, 0) is 0 Å². The van der Waals surface area contributed by atoms with Crippen LogP contribution < -0.4 is 24.8 Å². The quantitative estimate of drug-likeness (QED) is 0.256. The van der Waals surface area contributed by atoms with Gasteiger partial charge >= 0.3 is 256 Å². The van der Waals surface area contributed by atoms with E-state index in [1.807, 2.05) is 5.57 Å². The van der Waals surface area contributed by atoms with Crippen molar-refractivity contribution in [2.45, 2.75) is 59.4 Å². The molecular weight excluding hydrogens is 659 g/mol. The maximum Gasteiger partial charge on any atom is -1.00 e. The van der Waals surface area contributed by atoms with Gasteiger partial charge in [0.1, 0.15) is 0 Å². The van der Waals surface area contributed by atoms with Gasteiger partial charge in [-0.25, -0.2) is 0 Å². The summed E-state index contributed by atoms with van der Waals surface area (Å²) in [5.74, 6) is 0.766. The van der Waals surface area contributed by atoms with Crippen LogP contribution in [0.1, 0.15) is 68.5 Å². The number of hydrogen-bond acceptors (Lipinski definition) is 0. The Morgan fingerprint density at radius 2 is 1.09 bits per heavy atom. The molecule has 4 aromatic carbocycles. The predicted molar refractivity (Wildman–Crippen MR) is 175 cm³/mol. The van der Waals surface area contributed by atoms with Gasteiger partial charge in [-0.3, -0.25) is 0 Å². The maximum absolute atomic E-state index is 2.72. The fourth-order valence-corrected chi connectivity index (χ4v) is 28.6. The van der Waals surface area contributed by atoms with Crippen LogP contribution in [0.2, 0.25) is 13.1 Å². The molecule has 0 saturated heterocycles. The normalized spacial score (nSPS) is 18.7. The van der Waals surface area contributed by atoms with Crippen molar-refractivity contribution in [2.75, 3.05) is 0 Å². The fourth-order valence-electron chi connectivity index (χ4n) is 8.01. The number of hydrogen-bond donors (Lipinski definition) is 0. The van der Waals surface area contributed by atoms with Crippen LogP contribution in [-0.4, -0.2) is 5.43 Å². The van der Waals surface area contributed by atoms with Crippen LogP contribution in [-0.2, 0) is 20.4 Å². The Morgan fingerprint density at radius 3 is 1.63 bits per heavy atom. The van der Waals surface area contributed by atoms with Crippen molar-refractivity contribution in [1.29, 1.82) is 0 Å². The molecule has 0 radical (unpaired) electrons. The van der Waals surface area contributed by atoms with Crippen molar-refractivity contribution in [3.63, 3.8) is 0 Å². The average molecular weight is 699 g/mol. The third-order valence-electron chi connectivity index (χ3n) is 9.82. The van der Waals surface area contributed by atoms with Crippen molar-refractivity contribution in [2.24, 2.45) is 5.92 Å². The predicted octanol–water partition coefficient (Wildman–Crippen LogP) is 5.07. The van der Waals surface area contributed by atoms with Crippen LogP contribution in [0.4, 0.5) is 0 Å². The molecule has 1 fully saturated rings. The molecule has 0 bridgehead atoms. The van der Waals surface area contributed by atoms with Crippen LogP contribution in [0.3, 0.4) is 0 Å². The molecule has 3 aliphatic carbocycles. The molecular formula is C39H40Cl2SiZr. The smallest absolute Gasteiger partial charge is 1.00 e. The molecule has 0 amide bonds. The minimum absolute atomic E-state index is 0. The Hall–Kier alpha value is -1.96. The summed E-state index contributed by atoms with van der Waals surface area (Å²) in [4.78, 5) is 0. The van der Waals surface area contributed by atoms with E-state index < -0.39 is 25.8 Å². The van der Waals surface area contributed by atoms with Crippen LogP contribution >= 0.6 is 0 Å². The van der Waals surface area contributed by atoms with E-state index in [4.69, 9.17) is 0 Å². The van der Waals surface area contributed by atoms with E-state index in [2.05, 4.69) is 129 Å². The number of halogens is 2. The van der Waals surface area contributed by atoms with Crippen LogP contribution in [0.5, 0.6) is 0 Å². The largest absolute Gasteiger partial charge is 1.00 e. The van der Waals surface area contributed by atoms with Crippen LogP contribution in [0.25, 0.3) is 34.4 Å². The van der Waals surface area contributed by atoms with Crippen molar-refractivity contribution in [3.05, 3.63) is 130 Å². The summed E-state index contributed by atoms with van der Waals surface area (Å²) in [5, 5.41) is 0. The van der Waals surface area contributed by atoms with Crippen molar-refractivity contribution in [1.82, 2.24) is 0 Å². The van der Waals surface area contributed by atoms with Gasteiger partial charge in [-0.2, -0.15) is 0 Å². The van der Waals surface area contributed by atoms with E-state index in [1.165, 1.54) is 59.9 Å².